The Hall–Kier alpha value is -1.88. The minimum atomic E-state index is 0.249. The number of ether oxygens (including phenoxy) is 2. The maximum Gasteiger partial charge on any atom is 0.229 e. The second kappa shape index (κ2) is 5.25. The van der Waals surface area contributed by atoms with Crippen molar-refractivity contribution in [3.63, 3.8) is 0 Å². The molecule has 0 amide bonds. The average Bonchev–Trinajstić information content (AvgIpc) is 3.16. The maximum atomic E-state index is 6.24. The molecule has 0 atom stereocenters. The van der Waals surface area contributed by atoms with Crippen LogP contribution in [-0.4, -0.2) is 18.9 Å². The zero-order valence-electron chi connectivity index (χ0n) is 11.1. The number of anilines is 1. The van der Waals surface area contributed by atoms with Gasteiger partial charge in [-0.1, -0.05) is 16.8 Å². The van der Waals surface area contributed by atoms with E-state index >= 15 is 0 Å². The molecule has 0 radical (unpaired) electrons. The van der Waals surface area contributed by atoms with Crippen molar-refractivity contribution in [2.75, 3.05) is 19.5 Å². The van der Waals surface area contributed by atoms with Crippen LogP contribution in [-0.2, 0) is 0 Å². The lowest BCUT2D eigenvalue weighted by Gasteiger charge is -2.13. The van der Waals surface area contributed by atoms with Gasteiger partial charge in [0.15, 0.2) is 11.5 Å². The monoisotopic (exact) mass is 294 g/mol. The highest BCUT2D eigenvalue weighted by molar-refractivity contribution is 6.32. The highest BCUT2D eigenvalue weighted by atomic mass is 35.5. The molecule has 0 unspecified atom stereocenters. The summed E-state index contributed by atoms with van der Waals surface area (Å²) in [6.45, 7) is 0.676. The van der Waals surface area contributed by atoms with E-state index in [9.17, 15) is 0 Å². The van der Waals surface area contributed by atoms with E-state index in [-0.39, 0.29) is 5.88 Å². The summed E-state index contributed by atoms with van der Waals surface area (Å²) in [5.41, 5.74) is 7.21. The summed E-state index contributed by atoms with van der Waals surface area (Å²) in [6, 6.07) is 3.60. The molecule has 1 aliphatic carbocycles. The molecule has 1 aromatic heterocycles. The first-order valence-corrected chi connectivity index (χ1v) is 6.77. The number of halogens is 1. The zero-order valence-corrected chi connectivity index (χ0v) is 11.8. The van der Waals surface area contributed by atoms with Crippen molar-refractivity contribution in [3.05, 3.63) is 23.4 Å². The lowest BCUT2D eigenvalue weighted by Crippen LogP contribution is -2.01. The van der Waals surface area contributed by atoms with Crippen molar-refractivity contribution in [1.82, 2.24) is 5.16 Å². The number of methoxy groups -OCH3 is 1. The van der Waals surface area contributed by atoms with Gasteiger partial charge in [0.05, 0.1) is 30.5 Å². The van der Waals surface area contributed by atoms with Gasteiger partial charge in [-0.3, -0.25) is 0 Å². The molecule has 2 aromatic rings. The second-order valence-corrected chi connectivity index (χ2v) is 5.25. The Kier molecular flexibility index (Phi) is 3.44. The standard InChI is InChI=1S/C14H15ClN2O3/c1-18-13-11(15)4-9(10-6-17-20-14(10)16)5-12(13)19-7-8-2-3-8/h4-6,8H,2-3,7,16H2,1H3. The number of nitrogens with zero attached hydrogens (tertiary/aromatic N) is 1. The van der Waals surface area contributed by atoms with Gasteiger partial charge in [-0.15, -0.1) is 0 Å². The second-order valence-electron chi connectivity index (χ2n) is 4.85. The van der Waals surface area contributed by atoms with Crippen LogP contribution in [0.4, 0.5) is 5.88 Å². The summed E-state index contributed by atoms with van der Waals surface area (Å²) >= 11 is 6.24. The molecule has 20 heavy (non-hydrogen) atoms. The Morgan fingerprint density at radius 3 is 2.85 bits per heavy atom. The third kappa shape index (κ3) is 2.54. The van der Waals surface area contributed by atoms with Gasteiger partial charge in [0.2, 0.25) is 5.88 Å². The first-order valence-electron chi connectivity index (χ1n) is 6.40. The Morgan fingerprint density at radius 2 is 2.25 bits per heavy atom. The van der Waals surface area contributed by atoms with Gasteiger partial charge < -0.3 is 19.7 Å². The third-order valence-corrected chi connectivity index (χ3v) is 3.58. The Labute approximate surface area is 121 Å². The van der Waals surface area contributed by atoms with Crippen molar-refractivity contribution in [3.8, 4) is 22.6 Å². The summed E-state index contributed by atoms with van der Waals surface area (Å²) in [6.07, 6.45) is 3.99. The predicted molar refractivity (Wildman–Crippen MR) is 76.1 cm³/mol. The molecule has 3 rings (SSSR count). The van der Waals surface area contributed by atoms with E-state index in [1.54, 1.807) is 19.4 Å². The van der Waals surface area contributed by atoms with Crippen molar-refractivity contribution >= 4 is 17.5 Å². The summed E-state index contributed by atoms with van der Waals surface area (Å²) in [5, 5.41) is 4.14. The van der Waals surface area contributed by atoms with Gasteiger partial charge >= 0.3 is 0 Å². The van der Waals surface area contributed by atoms with E-state index in [1.165, 1.54) is 12.8 Å². The molecule has 0 bridgehead atoms. The number of rotatable bonds is 5. The van der Waals surface area contributed by atoms with Gasteiger partial charge in [0.25, 0.3) is 0 Å². The van der Waals surface area contributed by atoms with Crippen molar-refractivity contribution in [1.29, 1.82) is 0 Å². The van der Waals surface area contributed by atoms with Crippen LogP contribution in [0.25, 0.3) is 11.1 Å². The number of nitrogens with two attached hydrogens (primary N) is 1. The van der Waals surface area contributed by atoms with E-state index in [2.05, 4.69) is 5.16 Å². The van der Waals surface area contributed by atoms with Gasteiger partial charge in [-0.2, -0.15) is 0 Å². The predicted octanol–water partition coefficient (Wildman–Crippen LogP) is 3.37. The van der Waals surface area contributed by atoms with E-state index in [1.807, 2.05) is 6.07 Å². The molecule has 6 heteroatoms. The molecule has 1 saturated carbocycles. The largest absolute Gasteiger partial charge is 0.491 e. The van der Waals surface area contributed by atoms with Gasteiger partial charge in [-0.05, 0) is 36.5 Å². The molecule has 2 N–H and O–H groups in total. The van der Waals surface area contributed by atoms with Gasteiger partial charge in [0, 0.05) is 0 Å². The summed E-state index contributed by atoms with van der Waals surface area (Å²) in [4.78, 5) is 0. The number of aromatic nitrogens is 1. The van der Waals surface area contributed by atoms with Crippen LogP contribution in [0.3, 0.4) is 0 Å². The van der Waals surface area contributed by atoms with Gasteiger partial charge in [0.1, 0.15) is 0 Å². The quantitative estimate of drug-likeness (QED) is 0.915. The Morgan fingerprint density at radius 1 is 1.45 bits per heavy atom. The highest BCUT2D eigenvalue weighted by Crippen LogP contribution is 2.41. The fourth-order valence-electron chi connectivity index (χ4n) is 1.99. The lowest BCUT2D eigenvalue weighted by atomic mass is 10.1. The number of hydrogen-bond acceptors (Lipinski definition) is 5. The molecule has 106 valence electrons. The topological polar surface area (TPSA) is 70.5 Å². The zero-order chi connectivity index (χ0) is 14.1. The Balaban J connectivity index is 1.97. The minimum absolute atomic E-state index is 0.249. The molecular weight excluding hydrogens is 280 g/mol. The van der Waals surface area contributed by atoms with Crippen molar-refractivity contribution < 1.29 is 14.0 Å². The van der Waals surface area contributed by atoms with Crippen molar-refractivity contribution in [2.24, 2.45) is 5.92 Å². The maximum absolute atomic E-state index is 6.24. The van der Waals surface area contributed by atoms with Gasteiger partial charge in [-0.25, -0.2) is 0 Å². The number of nitrogen functional groups attached to an aromatic ring is 1. The summed E-state index contributed by atoms with van der Waals surface area (Å²) < 4.78 is 16.0. The average molecular weight is 295 g/mol. The number of hydrogen-bond donors (Lipinski definition) is 1. The van der Waals surface area contributed by atoms with E-state index < -0.39 is 0 Å². The Bertz CT molecular complexity index is 623. The number of benzene rings is 1. The van der Waals surface area contributed by atoms with Crippen LogP contribution >= 0.6 is 11.6 Å². The lowest BCUT2D eigenvalue weighted by molar-refractivity contribution is 0.280. The molecule has 1 heterocycles. The van der Waals surface area contributed by atoms with Crippen LogP contribution < -0.4 is 15.2 Å². The fraction of sp³-hybridized carbons (Fsp3) is 0.357. The summed E-state index contributed by atoms with van der Waals surface area (Å²) in [7, 11) is 1.57. The first-order chi connectivity index (χ1) is 9.69. The first kappa shape index (κ1) is 13.1. The van der Waals surface area contributed by atoms with Crippen LogP contribution in [0.15, 0.2) is 22.9 Å². The van der Waals surface area contributed by atoms with E-state index in [4.69, 9.17) is 31.3 Å². The molecular formula is C14H15ClN2O3. The van der Waals surface area contributed by atoms with E-state index in [0.717, 1.165) is 5.56 Å². The summed E-state index contributed by atoms with van der Waals surface area (Å²) in [5.74, 6) is 2.04. The molecule has 5 nitrogen and oxygen atoms in total. The van der Waals surface area contributed by atoms with Crippen LogP contribution in [0.1, 0.15) is 12.8 Å². The minimum Gasteiger partial charge on any atom is -0.491 e. The van der Waals surface area contributed by atoms with E-state index in [0.29, 0.717) is 34.6 Å². The molecule has 1 fully saturated rings. The smallest absolute Gasteiger partial charge is 0.229 e. The third-order valence-electron chi connectivity index (χ3n) is 3.29. The molecule has 0 spiro atoms. The molecule has 0 aliphatic heterocycles. The molecule has 1 aliphatic rings. The van der Waals surface area contributed by atoms with Crippen molar-refractivity contribution in [2.45, 2.75) is 12.8 Å². The SMILES string of the molecule is COc1c(Cl)cc(-c2cnoc2N)cc1OCC1CC1. The highest BCUT2D eigenvalue weighted by Gasteiger charge is 2.23. The fourth-order valence-corrected chi connectivity index (χ4v) is 2.27. The normalized spacial score (nSPS) is 14.3. The van der Waals surface area contributed by atoms with Crippen LogP contribution in [0.2, 0.25) is 5.02 Å². The molecule has 0 saturated heterocycles. The van der Waals surface area contributed by atoms with Crippen LogP contribution in [0, 0.1) is 5.92 Å². The molecule has 1 aromatic carbocycles. The van der Waals surface area contributed by atoms with Crippen LogP contribution in [0.5, 0.6) is 11.5 Å².